The van der Waals surface area contributed by atoms with Crippen LogP contribution in [0.1, 0.15) is 54.9 Å². The summed E-state index contributed by atoms with van der Waals surface area (Å²) in [5.41, 5.74) is 2.27. The zero-order valence-corrected chi connectivity index (χ0v) is 35.0. The molecule has 2 heterocycles. The second kappa shape index (κ2) is 23.6. The Morgan fingerprint density at radius 2 is 1.60 bits per heavy atom. The molecule has 16 nitrogen and oxygen atoms in total. The third-order valence-corrected chi connectivity index (χ3v) is 8.46. The van der Waals surface area contributed by atoms with Crippen molar-refractivity contribution in [3.63, 3.8) is 0 Å². The number of aliphatic hydroxyl groups excluding tert-OH is 2. The molecule has 0 bridgehead atoms. The van der Waals surface area contributed by atoms with E-state index in [0.717, 1.165) is 12.5 Å². The Balaban J connectivity index is 0.00000523. The Hall–Kier alpha value is -3.42. The van der Waals surface area contributed by atoms with E-state index in [1.165, 1.54) is 12.3 Å². The van der Waals surface area contributed by atoms with E-state index in [1.807, 2.05) is 30.3 Å². The molecule has 1 aliphatic heterocycles. The van der Waals surface area contributed by atoms with Gasteiger partial charge < -0.3 is 60.2 Å². The number of benzene rings is 2. The van der Waals surface area contributed by atoms with Crippen molar-refractivity contribution in [2.75, 3.05) is 13.2 Å². The van der Waals surface area contributed by atoms with Crippen LogP contribution in [0.2, 0.25) is 0 Å². The zero-order chi connectivity index (χ0) is 38.4. The quantitative estimate of drug-likeness (QED) is 0.0596. The van der Waals surface area contributed by atoms with Crippen LogP contribution >= 0.6 is 0 Å². The summed E-state index contributed by atoms with van der Waals surface area (Å²) in [4.78, 5) is 66.1. The Morgan fingerprint density at radius 3 is 2.20 bits per heavy atom. The van der Waals surface area contributed by atoms with Crippen molar-refractivity contribution in [3.8, 4) is 11.3 Å². The molecule has 6 atom stereocenters. The molecule has 0 saturated carbocycles. The van der Waals surface area contributed by atoms with Gasteiger partial charge in [-0.3, -0.25) is 14.6 Å². The summed E-state index contributed by atoms with van der Waals surface area (Å²) in [6.07, 6.45) is -5.30. The summed E-state index contributed by atoms with van der Waals surface area (Å²) in [5, 5.41) is 53.5. The van der Waals surface area contributed by atoms with Crippen LogP contribution in [0.25, 0.3) is 11.3 Å². The molecule has 0 unspecified atom stereocenters. The smallest absolute Gasteiger partial charge is 0.550 e. The fraction of sp³-hybridized carbons (Fsp3) is 0.405. The van der Waals surface area contributed by atoms with Crippen LogP contribution in [-0.4, -0.2) is 94.4 Å². The summed E-state index contributed by atoms with van der Waals surface area (Å²) >= 11 is 0. The maximum atomic E-state index is 13.0. The SMILES string of the molecule is CC(=O)N[C@H]1[C@H]([C@H](O)[C@H](O)CNC(=O)c2ccc(-c3ccccc3)nc2)O[C@@](OCCCCCC(=O)[O-])(C(=O)[O-])C[C@@H]1NC(=O)OCc1ccccc1.[Na+].[Na+]. The van der Waals surface area contributed by atoms with Gasteiger partial charge in [0.05, 0.1) is 36.1 Å². The maximum absolute atomic E-state index is 13.0. The first-order valence-corrected chi connectivity index (χ1v) is 17.0. The van der Waals surface area contributed by atoms with Gasteiger partial charge in [0.2, 0.25) is 11.7 Å². The molecule has 18 heteroatoms. The predicted molar refractivity (Wildman–Crippen MR) is 182 cm³/mol. The molecule has 0 radical (unpaired) electrons. The molecule has 3 aromatic rings. The molecule has 3 amide bonds. The second-order valence-corrected chi connectivity index (χ2v) is 12.5. The van der Waals surface area contributed by atoms with E-state index in [0.29, 0.717) is 17.7 Å². The van der Waals surface area contributed by atoms with Gasteiger partial charge in [-0.25, -0.2) is 4.79 Å². The van der Waals surface area contributed by atoms with Crippen LogP contribution in [0.4, 0.5) is 4.79 Å². The number of carbonyl (C=O) groups is 5. The molecule has 1 aliphatic rings. The monoisotopic (exact) mass is 780 g/mol. The van der Waals surface area contributed by atoms with Crippen molar-refractivity contribution < 1.29 is 118 Å². The Morgan fingerprint density at radius 1 is 0.927 bits per heavy atom. The standard InChI is InChI=1S/C37H44N4O12.2Na/c1-23(42)40-31-28(41-36(50)51-22-24-11-5-2-6-12-24)19-37(35(48)49,52-18-10-4-9-15-30(44)45)53-33(31)32(46)29(43)21-39-34(47)26-16-17-27(38-20-26)25-13-7-3-8-14-25;;/h2-3,5-8,11-14,16-17,20,28-29,31-33,43,46H,4,9-10,15,18-19,21-22H2,1H3,(H,39,47)(H,40,42)(H,41,50)(H,44,45)(H,48,49);;/q;2*+1/p-2/t28-,29+,31+,32+,33+,37+;;/m0../s1. The first-order valence-electron chi connectivity index (χ1n) is 17.0. The van der Waals surface area contributed by atoms with Crippen LogP contribution in [0.5, 0.6) is 0 Å². The number of hydrogen-bond donors (Lipinski definition) is 5. The van der Waals surface area contributed by atoms with Gasteiger partial charge in [0.15, 0.2) is 0 Å². The molecule has 1 aromatic heterocycles. The van der Waals surface area contributed by atoms with Crippen molar-refractivity contribution in [2.45, 2.75) is 81.8 Å². The van der Waals surface area contributed by atoms with E-state index < -0.39 is 79.0 Å². The fourth-order valence-electron chi connectivity index (χ4n) is 5.76. The van der Waals surface area contributed by atoms with Crippen molar-refractivity contribution in [3.05, 3.63) is 90.1 Å². The van der Waals surface area contributed by atoms with E-state index in [-0.39, 0.29) is 97.2 Å². The molecule has 2 aromatic carbocycles. The van der Waals surface area contributed by atoms with Crippen LogP contribution in [0.3, 0.4) is 0 Å². The number of amides is 3. The Labute approximate surface area is 362 Å². The summed E-state index contributed by atoms with van der Waals surface area (Å²) in [5.74, 6) is -7.04. The van der Waals surface area contributed by atoms with Crippen molar-refractivity contribution in [1.82, 2.24) is 20.9 Å². The number of carboxylic acids is 2. The number of hydrogen-bond acceptors (Lipinski definition) is 13. The number of unbranched alkanes of at least 4 members (excludes halogenated alkanes) is 2. The summed E-state index contributed by atoms with van der Waals surface area (Å²) in [6.45, 7) is 0.173. The number of nitrogens with one attached hydrogen (secondary N) is 3. The topological polar surface area (TPSA) is 249 Å². The molecule has 4 rings (SSSR count). The van der Waals surface area contributed by atoms with Gasteiger partial charge in [-0.2, -0.15) is 0 Å². The molecule has 284 valence electrons. The normalized spacial score (nSPS) is 19.9. The molecular weight excluding hydrogens is 738 g/mol. The second-order valence-electron chi connectivity index (χ2n) is 12.5. The fourth-order valence-corrected chi connectivity index (χ4v) is 5.76. The first kappa shape index (κ1) is 47.7. The molecule has 0 spiro atoms. The predicted octanol–water partition coefficient (Wildman–Crippen LogP) is -6.43. The zero-order valence-electron chi connectivity index (χ0n) is 31.0. The van der Waals surface area contributed by atoms with Gasteiger partial charge >= 0.3 is 65.2 Å². The van der Waals surface area contributed by atoms with Gasteiger partial charge in [-0.15, -0.1) is 0 Å². The molecule has 55 heavy (non-hydrogen) atoms. The average molecular weight is 781 g/mol. The van der Waals surface area contributed by atoms with Crippen LogP contribution < -0.4 is 85.3 Å². The minimum Gasteiger partial charge on any atom is -0.550 e. The van der Waals surface area contributed by atoms with Crippen LogP contribution in [0, 0.1) is 0 Å². The minimum atomic E-state index is -2.62. The van der Waals surface area contributed by atoms with Crippen molar-refractivity contribution in [1.29, 1.82) is 0 Å². The number of rotatable bonds is 18. The van der Waals surface area contributed by atoms with Crippen LogP contribution in [-0.2, 0) is 35.2 Å². The number of carbonyl (C=O) groups excluding carboxylic acids is 5. The van der Waals surface area contributed by atoms with Gasteiger partial charge in [-0.1, -0.05) is 67.1 Å². The van der Waals surface area contributed by atoms with E-state index >= 15 is 0 Å². The third kappa shape index (κ3) is 14.5. The van der Waals surface area contributed by atoms with E-state index in [4.69, 9.17) is 14.2 Å². The van der Waals surface area contributed by atoms with Gasteiger partial charge in [0, 0.05) is 37.6 Å². The molecule has 0 aliphatic carbocycles. The molecular formula is C37H42N4Na2O12. The first-order chi connectivity index (χ1) is 25.4. The number of aromatic nitrogens is 1. The number of carboxylic acid groups (broad SMARTS) is 2. The minimum absolute atomic E-state index is 0. The van der Waals surface area contributed by atoms with E-state index in [2.05, 4.69) is 20.9 Å². The maximum Gasteiger partial charge on any atom is 1.00 e. The molecule has 1 fully saturated rings. The average Bonchev–Trinajstić information content (AvgIpc) is 3.15. The van der Waals surface area contributed by atoms with Crippen molar-refractivity contribution >= 4 is 29.8 Å². The van der Waals surface area contributed by atoms with Gasteiger partial charge in [-0.05, 0) is 37.0 Å². The van der Waals surface area contributed by atoms with Crippen LogP contribution in [0.15, 0.2) is 79.0 Å². The number of pyridine rings is 1. The molecule has 1 saturated heterocycles. The summed E-state index contributed by atoms with van der Waals surface area (Å²) in [6, 6.07) is 18.4. The largest absolute Gasteiger partial charge is 1.00 e. The Kier molecular flexibility index (Phi) is 20.5. The van der Waals surface area contributed by atoms with Gasteiger partial charge in [0.1, 0.15) is 24.8 Å². The number of ether oxygens (including phenoxy) is 3. The van der Waals surface area contributed by atoms with Crippen molar-refractivity contribution in [2.24, 2.45) is 0 Å². The number of aliphatic hydroxyl groups is 2. The van der Waals surface area contributed by atoms with E-state index in [1.54, 1.807) is 36.4 Å². The number of aliphatic carboxylic acids is 2. The number of nitrogens with zero attached hydrogens (tertiary/aromatic N) is 1. The molecule has 5 N–H and O–H groups in total. The number of alkyl carbamates (subject to hydrolysis) is 1. The third-order valence-electron chi connectivity index (χ3n) is 8.46. The van der Waals surface area contributed by atoms with E-state index in [9.17, 15) is 44.4 Å². The van der Waals surface area contributed by atoms with Gasteiger partial charge in [0.25, 0.3) is 5.91 Å². The summed E-state index contributed by atoms with van der Waals surface area (Å²) < 4.78 is 16.8. The Bertz CT molecular complexity index is 1690. The summed E-state index contributed by atoms with van der Waals surface area (Å²) in [7, 11) is 0.